The van der Waals surface area contributed by atoms with Crippen molar-refractivity contribution in [3.05, 3.63) is 69.7 Å². The molecule has 2 heterocycles. The maximum atomic E-state index is 12.0. The number of H-pyrrole nitrogens is 2. The summed E-state index contributed by atoms with van der Waals surface area (Å²) in [6.07, 6.45) is 5.35. The summed E-state index contributed by atoms with van der Waals surface area (Å²) in [6.45, 7) is 3.60. The molecule has 0 spiro atoms. The zero-order chi connectivity index (χ0) is 18.8. The van der Waals surface area contributed by atoms with Gasteiger partial charge in [0.05, 0.1) is 12.2 Å². The van der Waals surface area contributed by atoms with Crippen molar-refractivity contribution in [1.29, 1.82) is 0 Å². The van der Waals surface area contributed by atoms with Crippen LogP contribution in [0.5, 0.6) is 0 Å². The fourth-order valence-corrected chi connectivity index (χ4v) is 3.46. The van der Waals surface area contributed by atoms with E-state index in [1.165, 1.54) is 12.0 Å². The minimum Gasteiger partial charge on any atom is -0.345 e. The van der Waals surface area contributed by atoms with Crippen molar-refractivity contribution < 1.29 is 0 Å². The van der Waals surface area contributed by atoms with Gasteiger partial charge in [0.25, 0.3) is 5.56 Å². The normalized spacial score (nSPS) is 14.5. The van der Waals surface area contributed by atoms with E-state index in [1.54, 1.807) is 6.07 Å². The Kier molecular flexibility index (Phi) is 4.90. The zero-order valence-corrected chi connectivity index (χ0v) is 15.8. The molecule has 0 atom stereocenters. The molecule has 2 N–H and O–H groups in total. The minimum atomic E-state index is -0.0700. The van der Waals surface area contributed by atoms with Crippen molar-refractivity contribution in [3.63, 3.8) is 0 Å². The number of nitrogens with one attached hydrogen (secondary N) is 2. The molecule has 1 aromatic carbocycles. The molecule has 0 unspecified atom stereocenters. The second-order valence-corrected chi connectivity index (χ2v) is 7.53. The Morgan fingerprint density at radius 1 is 1.15 bits per heavy atom. The Bertz CT molecular complexity index is 969. The second-order valence-electron chi connectivity index (χ2n) is 7.53. The maximum Gasteiger partial charge on any atom is 0.251 e. The zero-order valence-electron chi connectivity index (χ0n) is 15.8. The molecule has 140 valence electrons. The topological polar surface area (TPSA) is 77.7 Å². The first-order chi connectivity index (χ1) is 13.1. The standard InChI is InChI=1S/C21H25N5O/c1-14-11-22-19(23-14)13-26(2)12-15-6-8-17(9-7-15)21-24-18(10-20(27)25-21)16-4-3-5-16/h6-11,16H,3-5,12-13H2,1-2H3,(H,22,23)(H,24,25,27). The average Bonchev–Trinajstić information content (AvgIpc) is 2.98. The molecular weight excluding hydrogens is 338 g/mol. The third kappa shape index (κ3) is 4.17. The molecule has 4 rings (SSSR count). The summed E-state index contributed by atoms with van der Waals surface area (Å²) in [6, 6.07) is 9.89. The highest BCUT2D eigenvalue weighted by Crippen LogP contribution is 2.35. The van der Waals surface area contributed by atoms with Crippen LogP contribution in [0.1, 0.15) is 48.0 Å². The molecule has 3 aromatic rings. The van der Waals surface area contributed by atoms with E-state index in [0.29, 0.717) is 11.7 Å². The van der Waals surface area contributed by atoms with Crippen molar-refractivity contribution in [2.45, 2.75) is 45.2 Å². The predicted molar refractivity (Wildman–Crippen MR) is 105 cm³/mol. The Morgan fingerprint density at radius 3 is 2.56 bits per heavy atom. The van der Waals surface area contributed by atoms with Crippen LogP contribution in [-0.4, -0.2) is 31.9 Å². The number of hydrogen-bond acceptors (Lipinski definition) is 4. The van der Waals surface area contributed by atoms with Crippen LogP contribution in [0.25, 0.3) is 11.4 Å². The molecule has 0 amide bonds. The average molecular weight is 363 g/mol. The first-order valence-corrected chi connectivity index (χ1v) is 9.46. The van der Waals surface area contributed by atoms with Crippen LogP contribution in [0.4, 0.5) is 0 Å². The minimum absolute atomic E-state index is 0.0700. The highest BCUT2D eigenvalue weighted by atomic mass is 16.1. The fraction of sp³-hybridized carbons (Fsp3) is 0.381. The number of rotatable bonds is 6. The third-order valence-electron chi connectivity index (χ3n) is 5.14. The molecule has 2 aromatic heterocycles. The predicted octanol–water partition coefficient (Wildman–Crippen LogP) is 3.37. The Labute approximate surface area is 158 Å². The van der Waals surface area contributed by atoms with Crippen LogP contribution in [0.3, 0.4) is 0 Å². The van der Waals surface area contributed by atoms with Crippen molar-refractivity contribution in [2.24, 2.45) is 0 Å². The number of aryl methyl sites for hydroxylation is 1. The number of aromatic nitrogens is 4. The molecule has 1 aliphatic carbocycles. The van der Waals surface area contributed by atoms with E-state index in [2.05, 4.69) is 39.0 Å². The smallest absolute Gasteiger partial charge is 0.251 e. The van der Waals surface area contributed by atoms with Crippen LogP contribution >= 0.6 is 0 Å². The van der Waals surface area contributed by atoms with E-state index in [1.807, 2.05) is 25.3 Å². The lowest BCUT2D eigenvalue weighted by Gasteiger charge is -2.24. The van der Waals surface area contributed by atoms with Crippen molar-refractivity contribution in [1.82, 2.24) is 24.8 Å². The second kappa shape index (κ2) is 7.48. The monoisotopic (exact) mass is 363 g/mol. The fourth-order valence-electron chi connectivity index (χ4n) is 3.46. The summed E-state index contributed by atoms with van der Waals surface area (Å²) in [5.41, 5.74) is 4.09. The van der Waals surface area contributed by atoms with E-state index in [0.717, 1.165) is 48.7 Å². The van der Waals surface area contributed by atoms with Gasteiger partial charge >= 0.3 is 0 Å². The van der Waals surface area contributed by atoms with Crippen LogP contribution in [0.15, 0.2) is 41.3 Å². The summed E-state index contributed by atoms with van der Waals surface area (Å²) in [4.78, 5) is 29.4. The number of aromatic amines is 2. The lowest BCUT2D eigenvalue weighted by Crippen LogP contribution is -2.18. The molecule has 1 aliphatic rings. The first kappa shape index (κ1) is 17.7. The van der Waals surface area contributed by atoms with E-state index in [-0.39, 0.29) is 5.56 Å². The van der Waals surface area contributed by atoms with Crippen molar-refractivity contribution >= 4 is 0 Å². The summed E-state index contributed by atoms with van der Waals surface area (Å²) < 4.78 is 0. The van der Waals surface area contributed by atoms with Crippen LogP contribution in [0.2, 0.25) is 0 Å². The summed E-state index contributed by atoms with van der Waals surface area (Å²) in [5.74, 6) is 2.08. The van der Waals surface area contributed by atoms with E-state index in [9.17, 15) is 4.79 Å². The molecule has 0 aliphatic heterocycles. The van der Waals surface area contributed by atoms with Gasteiger partial charge in [-0.1, -0.05) is 30.7 Å². The van der Waals surface area contributed by atoms with Gasteiger partial charge in [-0.25, -0.2) is 9.97 Å². The Hall–Kier alpha value is -2.73. The molecule has 6 nitrogen and oxygen atoms in total. The van der Waals surface area contributed by atoms with Gasteiger partial charge in [0.2, 0.25) is 0 Å². The maximum absolute atomic E-state index is 12.0. The van der Waals surface area contributed by atoms with Crippen molar-refractivity contribution in [3.8, 4) is 11.4 Å². The number of imidazole rings is 1. The SMILES string of the molecule is Cc1cnc(CN(C)Cc2ccc(-c3nc(C4CCC4)cc(=O)[nH]3)cc2)[nH]1. The van der Waals surface area contributed by atoms with E-state index in [4.69, 9.17) is 4.98 Å². The molecule has 1 fully saturated rings. The quantitative estimate of drug-likeness (QED) is 0.704. The largest absolute Gasteiger partial charge is 0.345 e. The van der Waals surface area contributed by atoms with Gasteiger partial charge in [-0.15, -0.1) is 0 Å². The van der Waals surface area contributed by atoms with Crippen LogP contribution < -0.4 is 5.56 Å². The van der Waals surface area contributed by atoms with Gasteiger partial charge in [-0.2, -0.15) is 0 Å². The van der Waals surface area contributed by atoms with Gasteiger partial charge in [0, 0.05) is 36.0 Å². The molecule has 6 heteroatoms. The molecule has 0 bridgehead atoms. The molecular formula is C21H25N5O. The lowest BCUT2D eigenvalue weighted by atomic mass is 9.83. The molecule has 0 saturated heterocycles. The number of hydrogen-bond donors (Lipinski definition) is 2. The van der Waals surface area contributed by atoms with Crippen LogP contribution in [0, 0.1) is 6.92 Å². The number of nitrogens with zero attached hydrogens (tertiary/aromatic N) is 3. The molecule has 0 radical (unpaired) electrons. The lowest BCUT2D eigenvalue weighted by molar-refractivity contribution is 0.311. The van der Waals surface area contributed by atoms with Gasteiger partial charge in [0.15, 0.2) is 0 Å². The highest BCUT2D eigenvalue weighted by Gasteiger charge is 2.22. The van der Waals surface area contributed by atoms with Gasteiger partial charge in [-0.05, 0) is 32.4 Å². The van der Waals surface area contributed by atoms with E-state index < -0.39 is 0 Å². The van der Waals surface area contributed by atoms with Crippen molar-refractivity contribution in [2.75, 3.05) is 7.05 Å². The number of benzene rings is 1. The molecule has 27 heavy (non-hydrogen) atoms. The van der Waals surface area contributed by atoms with Gasteiger partial charge < -0.3 is 9.97 Å². The van der Waals surface area contributed by atoms with Crippen LogP contribution in [-0.2, 0) is 13.1 Å². The summed E-state index contributed by atoms with van der Waals surface area (Å²) in [5, 5.41) is 0. The van der Waals surface area contributed by atoms with Gasteiger partial charge in [-0.3, -0.25) is 9.69 Å². The van der Waals surface area contributed by atoms with Gasteiger partial charge in [0.1, 0.15) is 11.6 Å². The first-order valence-electron chi connectivity index (χ1n) is 9.46. The Balaban J connectivity index is 1.45. The summed E-state index contributed by atoms with van der Waals surface area (Å²) in [7, 11) is 2.08. The third-order valence-corrected chi connectivity index (χ3v) is 5.14. The molecule has 1 saturated carbocycles. The van der Waals surface area contributed by atoms with E-state index >= 15 is 0 Å². The highest BCUT2D eigenvalue weighted by molar-refractivity contribution is 5.55. The Morgan fingerprint density at radius 2 is 1.93 bits per heavy atom. The summed E-state index contributed by atoms with van der Waals surface area (Å²) >= 11 is 0.